The van der Waals surface area contributed by atoms with E-state index in [-0.39, 0.29) is 42.6 Å². The van der Waals surface area contributed by atoms with Crippen molar-refractivity contribution in [3.05, 3.63) is 29.8 Å². The molecule has 6 heteroatoms. The first kappa shape index (κ1) is 17.6. The van der Waals surface area contributed by atoms with Crippen LogP contribution in [0.1, 0.15) is 43.0 Å². The highest BCUT2D eigenvalue weighted by atomic mass is 16.5. The Kier molecular flexibility index (Phi) is 5.18. The molecular weight excluding hydrogens is 322 g/mol. The second kappa shape index (κ2) is 7.35. The maximum absolute atomic E-state index is 12.4. The Morgan fingerprint density at radius 1 is 1.24 bits per heavy atom. The molecule has 3 rings (SSSR count). The summed E-state index contributed by atoms with van der Waals surface area (Å²) in [6, 6.07) is 6.70. The Bertz CT molecular complexity index is 662. The van der Waals surface area contributed by atoms with E-state index in [1.54, 1.807) is 24.3 Å². The molecule has 2 fully saturated rings. The molecule has 1 aromatic rings. The number of ether oxygens (including phenoxy) is 1. The van der Waals surface area contributed by atoms with Gasteiger partial charge in [0.1, 0.15) is 18.5 Å². The number of rotatable bonds is 6. The van der Waals surface area contributed by atoms with Gasteiger partial charge in [0.25, 0.3) is 0 Å². The van der Waals surface area contributed by atoms with Crippen molar-refractivity contribution in [1.82, 2.24) is 4.90 Å². The molecule has 0 radical (unpaired) electrons. The number of amides is 2. The first-order chi connectivity index (χ1) is 12.0. The van der Waals surface area contributed by atoms with Crippen LogP contribution in [0.5, 0.6) is 5.75 Å². The second-order valence-corrected chi connectivity index (χ2v) is 6.83. The van der Waals surface area contributed by atoms with Crippen molar-refractivity contribution in [3.8, 4) is 5.75 Å². The summed E-state index contributed by atoms with van der Waals surface area (Å²) in [6.07, 6.45) is 2.51. The predicted octanol–water partition coefficient (Wildman–Crippen LogP) is 1.80. The van der Waals surface area contributed by atoms with Gasteiger partial charge in [0.2, 0.25) is 11.8 Å². The molecule has 0 spiro atoms. The summed E-state index contributed by atoms with van der Waals surface area (Å²) in [7, 11) is 0. The summed E-state index contributed by atoms with van der Waals surface area (Å²) in [4.78, 5) is 37.4. The molecular formula is C19H23NO5. The van der Waals surface area contributed by atoms with Crippen molar-refractivity contribution in [2.24, 2.45) is 11.8 Å². The van der Waals surface area contributed by atoms with E-state index in [2.05, 4.69) is 0 Å². The minimum Gasteiger partial charge on any atom is -0.491 e. The number of fused-ring (bicyclic) bond motifs is 1. The van der Waals surface area contributed by atoms with Crippen LogP contribution in [0.15, 0.2) is 24.3 Å². The van der Waals surface area contributed by atoms with E-state index in [1.165, 1.54) is 11.8 Å². The number of ketones is 1. The normalized spacial score (nSPS) is 24.2. The topological polar surface area (TPSA) is 83.9 Å². The van der Waals surface area contributed by atoms with Crippen molar-refractivity contribution in [3.63, 3.8) is 0 Å². The maximum Gasteiger partial charge on any atom is 0.233 e. The highest BCUT2D eigenvalue weighted by Gasteiger charge is 2.48. The molecule has 2 aliphatic rings. The second-order valence-electron chi connectivity index (χ2n) is 6.83. The molecule has 0 aromatic heterocycles. The van der Waals surface area contributed by atoms with Gasteiger partial charge in [-0.3, -0.25) is 19.3 Å². The predicted molar refractivity (Wildman–Crippen MR) is 90.1 cm³/mol. The quantitative estimate of drug-likeness (QED) is 0.628. The van der Waals surface area contributed by atoms with Crippen LogP contribution in [0.3, 0.4) is 0 Å². The highest BCUT2D eigenvalue weighted by Crippen LogP contribution is 2.37. The van der Waals surface area contributed by atoms with Crippen molar-refractivity contribution >= 4 is 17.6 Å². The fourth-order valence-corrected chi connectivity index (χ4v) is 3.67. The van der Waals surface area contributed by atoms with Gasteiger partial charge in [0.05, 0.1) is 18.4 Å². The molecule has 1 aliphatic heterocycles. The van der Waals surface area contributed by atoms with Crippen molar-refractivity contribution < 1.29 is 24.2 Å². The summed E-state index contributed by atoms with van der Waals surface area (Å²) in [6.45, 7) is 1.38. The number of hydrogen-bond acceptors (Lipinski definition) is 5. The van der Waals surface area contributed by atoms with Crippen LogP contribution in [-0.2, 0) is 9.59 Å². The van der Waals surface area contributed by atoms with E-state index < -0.39 is 6.10 Å². The SMILES string of the molecule is CC(=O)c1cccc(OC[C@H](O)CN2C(=O)[C@H]3CCCC[C@@H]3C2=O)c1. The summed E-state index contributed by atoms with van der Waals surface area (Å²) in [5.74, 6) is -0.329. The summed E-state index contributed by atoms with van der Waals surface area (Å²) < 4.78 is 5.51. The first-order valence-electron chi connectivity index (χ1n) is 8.74. The van der Waals surface area contributed by atoms with Crippen LogP contribution in [0.4, 0.5) is 0 Å². The van der Waals surface area contributed by atoms with Gasteiger partial charge < -0.3 is 9.84 Å². The fraction of sp³-hybridized carbons (Fsp3) is 0.526. The molecule has 1 saturated heterocycles. The van der Waals surface area contributed by atoms with Crippen molar-refractivity contribution in [2.45, 2.75) is 38.7 Å². The molecule has 0 unspecified atom stereocenters. The third-order valence-corrected chi connectivity index (χ3v) is 5.01. The maximum atomic E-state index is 12.4. The molecule has 3 atom stereocenters. The Hall–Kier alpha value is -2.21. The van der Waals surface area contributed by atoms with Gasteiger partial charge in [-0.2, -0.15) is 0 Å². The largest absolute Gasteiger partial charge is 0.491 e. The van der Waals surface area contributed by atoms with Gasteiger partial charge in [-0.1, -0.05) is 25.0 Å². The van der Waals surface area contributed by atoms with Gasteiger partial charge in [0, 0.05) is 5.56 Å². The first-order valence-corrected chi connectivity index (χ1v) is 8.74. The van der Waals surface area contributed by atoms with E-state index in [0.717, 1.165) is 25.7 Å². The van der Waals surface area contributed by atoms with Crippen LogP contribution in [0.2, 0.25) is 0 Å². The standard InChI is InChI=1S/C19H23NO5/c1-12(21)13-5-4-6-15(9-13)25-11-14(22)10-20-18(23)16-7-2-3-8-17(16)19(20)24/h4-6,9,14,16-17,22H,2-3,7-8,10-11H2,1H3/t14-,16+,17+/m1/s1. The molecule has 0 bridgehead atoms. The molecule has 1 heterocycles. The lowest BCUT2D eigenvalue weighted by atomic mass is 9.81. The zero-order chi connectivity index (χ0) is 18.0. The molecule has 1 aromatic carbocycles. The average molecular weight is 345 g/mol. The van der Waals surface area contributed by atoms with Crippen molar-refractivity contribution in [1.29, 1.82) is 0 Å². The number of nitrogens with zero attached hydrogens (tertiary/aromatic N) is 1. The minimum absolute atomic E-state index is 0.0446. The van der Waals surface area contributed by atoms with E-state index in [0.29, 0.717) is 11.3 Å². The number of carbonyl (C=O) groups excluding carboxylic acids is 3. The Morgan fingerprint density at radius 2 is 1.88 bits per heavy atom. The third kappa shape index (κ3) is 3.74. The number of carbonyl (C=O) groups is 3. The number of aliphatic hydroxyl groups excluding tert-OH is 1. The minimum atomic E-state index is -0.964. The number of β-amino-alcohol motifs (C(OH)–C–C–N with tert-alkyl or cyclic N) is 1. The lowest BCUT2D eigenvalue weighted by Crippen LogP contribution is -2.40. The number of aliphatic hydroxyl groups is 1. The zero-order valence-electron chi connectivity index (χ0n) is 14.3. The highest BCUT2D eigenvalue weighted by molar-refractivity contribution is 6.05. The summed E-state index contributed by atoms with van der Waals surface area (Å²) in [5, 5.41) is 10.2. The molecule has 134 valence electrons. The molecule has 2 amide bonds. The number of likely N-dealkylation sites (tertiary alicyclic amines) is 1. The van der Waals surface area contributed by atoms with E-state index in [4.69, 9.17) is 4.74 Å². The average Bonchev–Trinajstić information content (AvgIpc) is 2.85. The molecule has 1 saturated carbocycles. The van der Waals surface area contributed by atoms with Crippen LogP contribution in [0.25, 0.3) is 0 Å². The lowest BCUT2D eigenvalue weighted by Gasteiger charge is -2.19. The van der Waals surface area contributed by atoms with Gasteiger partial charge >= 0.3 is 0 Å². The van der Waals surface area contributed by atoms with Gasteiger partial charge in [-0.15, -0.1) is 0 Å². The van der Waals surface area contributed by atoms with E-state index >= 15 is 0 Å². The third-order valence-electron chi connectivity index (χ3n) is 5.01. The summed E-state index contributed by atoms with van der Waals surface area (Å²) in [5.41, 5.74) is 0.529. The Labute approximate surface area is 146 Å². The van der Waals surface area contributed by atoms with Gasteiger partial charge in [-0.05, 0) is 31.9 Å². The van der Waals surface area contributed by atoms with Crippen LogP contribution in [-0.4, -0.2) is 46.9 Å². The molecule has 1 N–H and O–H groups in total. The smallest absolute Gasteiger partial charge is 0.233 e. The number of hydrogen-bond donors (Lipinski definition) is 1. The molecule has 25 heavy (non-hydrogen) atoms. The molecule has 6 nitrogen and oxygen atoms in total. The van der Waals surface area contributed by atoms with Crippen molar-refractivity contribution in [2.75, 3.05) is 13.2 Å². The lowest BCUT2D eigenvalue weighted by molar-refractivity contribution is -0.141. The van der Waals surface area contributed by atoms with Crippen LogP contribution >= 0.6 is 0 Å². The van der Waals surface area contributed by atoms with Crippen LogP contribution < -0.4 is 4.74 Å². The van der Waals surface area contributed by atoms with E-state index in [9.17, 15) is 19.5 Å². The zero-order valence-corrected chi connectivity index (χ0v) is 14.3. The fourth-order valence-electron chi connectivity index (χ4n) is 3.67. The van der Waals surface area contributed by atoms with Gasteiger partial charge in [0.15, 0.2) is 5.78 Å². The van der Waals surface area contributed by atoms with E-state index in [1.807, 2.05) is 0 Å². The molecule has 1 aliphatic carbocycles. The number of imide groups is 1. The monoisotopic (exact) mass is 345 g/mol. The van der Waals surface area contributed by atoms with Gasteiger partial charge in [-0.25, -0.2) is 0 Å². The Morgan fingerprint density at radius 3 is 2.48 bits per heavy atom. The Balaban J connectivity index is 1.56. The number of Topliss-reactive ketones (excluding diaryl/α,β-unsaturated/α-hetero) is 1. The number of benzene rings is 1. The van der Waals surface area contributed by atoms with Crippen LogP contribution in [0, 0.1) is 11.8 Å². The summed E-state index contributed by atoms with van der Waals surface area (Å²) >= 11 is 0.